The van der Waals surface area contributed by atoms with Crippen LogP contribution in [-0.4, -0.2) is 0 Å². The molecule has 0 bridgehead atoms. The molecule has 0 unspecified atom stereocenters. The summed E-state index contributed by atoms with van der Waals surface area (Å²) in [6.45, 7) is 2.27. The van der Waals surface area contributed by atoms with Gasteiger partial charge >= 0.3 is 18.9 Å². The molecule has 0 N–H and O–H groups in total. The van der Waals surface area contributed by atoms with E-state index in [1.807, 2.05) is 0 Å². The summed E-state index contributed by atoms with van der Waals surface area (Å²) >= 11 is 0. The molecule has 0 aliphatic carbocycles. The molecule has 3 aromatic rings. The Bertz CT molecular complexity index is 625. The minimum atomic E-state index is 0. The molecule has 0 aromatic heterocycles. The predicted molar refractivity (Wildman–Crippen MR) is 84.9 cm³/mol. The molecule has 3 rings (SSSR count). The molecule has 0 fully saturated rings. The molecule has 0 aliphatic heterocycles. The minimum Gasteiger partial charge on any atom is -0.120 e. The zero-order chi connectivity index (χ0) is 13.1. The van der Waals surface area contributed by atoms with Gasteiger partial charge in [-0.2, -0.15) is 0 Å². The van der Waals surface area contributed by atoms with E-state index in [1.165, 1.54) is 53.6 Å². The SMILES string of the molecule is CCCCCC[c-]1c2ccccc2c2ccccc21.[Li+]. The van der Waals surface area contributed by atoms with Crippen molar-refractivity contribution in [3.8, 4) is 0 Å². The Kier molecular flexibility index (Phi) is 5.41. The topological polar surface area (TPSA) is 0 Å². The van der Waals surface area contributed by atoms with E-state index >= 15 is 0 Å². The standard InChI is InChI=1S/C19H21.Li/c1-2-3-4-5-10-15-16-11-6-8-13-18(16)19-14-9-7-12-17(15)19;/h6-9,11-14H,2-5,10H2,1H3;/q-1;+1. The second-order valence-corrected chi connectivity index (χ2v) is 5.38. The van der Waals surface area contributed by atoms with Gasteiger partial charge in [0.2, 0.25) is 0 Å². The number of hydrogen-bond donors (Lipinski definition) is 0. The average Bonchev–Trinajstić information content (AvgIpc) is 2.78. The van der Waals surface area contributed by atoms with Gasteiger partial charge in [-0.3, -0.25) is 0 Å². The summed E-state index contributed by atoms with van der Waals surface area (Å²) in [5.74, 6) is 0. The van der Waals surface area contributed by atoms with E-state index in [0.717, 1.165) is 0 Å². The summed E-state index contributed by atoms with van der Waals surface area (Å²) < 4.78 is 0. The smallest absolute Gasteiger partial charge is 0.120 e. The molecule has 98 valence electrons. The Morgan fingerprint density at radius 1 is 0.750 bits per heavy atom. The fourth-order valence-electron chi connectivity index (χ4n) is 3.11. The van der Waals surface area contributed by atoms with Crippen molar-refractivity contribution in [3.05, 3.63) is 54.1 Å². The zero-order valence-electron chi connectivity index (χ0n) is 12.7. The first-order valence-electron chi connectivity index (χ1n) is 7.47. The Hall–Kier alpha value is -1.09. The Morgan fingerprint density at radius 3 is 1.85 bits per heavy atom. The Labute approximate surface area is 133 Å². The number of hydrogen-bond acceptors (Lipinski definition) is 0. The molecule has 0 nitrogen and oxygen atoms in total. The van der Waals surface area contributed by atoms with E-state index in [-0.39, 0.29) is 18.9 Å². The van der Waals surface area contributed by atoms with Gasteiger partial charge in [-0.25, -0.2) is 0 Å². The van der Waals surface area contributed by atoms with Gasteiger partial charge in [0.05, 0.1) is 0 Å². The molecule has 1 heteroatoms. The van der Waals surface area contributed by atoms with E-state index in [0.29, 0.717) is 0 Å². The number of unbranched alkanes of at least 4 members (excludes halogenated alkanes) is 3. The molecule has 20 heavy (non-hydrogen) atoms. The van der Waals surface area contributed by atoms with Crippen LogP contribution < -0.4 is 18.9 Å². The van der Waals surface area contributed by atoms with E-state index in [9.17, 15) is 0 Å². The first kappa shape index (κ1) is 15.3. The van der Waals surface area contributed by atoms with Gasteiger partial charge < -0.3 is 0 Å². The molecular weight excluding hydrogens is 235 g/mol. The first-order valence-corrected chi connectivity index (χ1v) is 7.47. The molecule has 3 aromatic carbocycles. The Morgan fingerprint density at radius 2 is 1.30 bits per heavy atom. The number of benzene rings is 2. The van der Waals surface area contributed by atoms with Crippen molar-refractivity contribution >= 4 is 21.5 Å². The fraction of sp³-hybridized carbons (Fsp3) is 0.316. The maximum atomic E-state index is 2.28. The molecule has 0 amide bonds. The van der Waals surface area contributed by atoms with Crippen LogP contribution in [0.4, 0.5) is 0 Å². The third kappa shape index (κ3) is 2.83. The van der Waals surface area contributed by atoms with E-state index in [4.69, 9.17) is 0 Å². The van der Waals surface area contributed by atoms with E-state index in [1.54, 1.807) is 5.56 Å². The molecule has 0 heterocycles. The van der Waals surface area contributed by atoms with Crippen molar-refractivity contribution in [2.24, 2.45) is 0 Å². The van der Waals surface area contributed by atoms with Crippen LogP contribution in [0.1, 0.15) is 38.2 Å². The monoisotopic (exact) mass is 256 g/mol. The summed E-state index contributed by atoms with van der Waals surface area (Å²) in [5, 5.41) is 5.76. The summed E-state index contributed by atoms with van der Waals surface area (Å²) in [5.41, 5.74) is 1.56. The number of fused-ring (bicyclic) bond motifs is 3. The summed E-state index contributed by atoms with van der Waals surface area (Å²) in [4.78, 5) is 0. The van der Waals surface area contributed by atoms with Crippen LogP contribution in [0.5, 0.6) is 0 Å². The van der Waals surface area contributed by atoms with Crippen molar-refractivity contribution in [1.29, 1.82) is 0 Å². The third-order valence-corrected chi connectivity index (χ3v) is 4.07. The first-order chi connectivity index (χ1) is 9.42. The molecule has 0 aliphatic rings. The number of rotatable bonds is 5. The second-order valence-electron chi connectivity index (χ2n) is 5.38. The molecule has 0 atom stereocenters. The normalized spacial score (nSPS) is 10.8. The van der Waals surface area contributed by atoms with Crippen LogP contribution in [0, 0.1) is 0 Å². The van der Waals surface area contributed by atoms with E-state index in [2.05, 4.69) is 55.5 Å². The van der Waals surface area contributed by atoms with Crippen LogP contribution in [0.2, 0.25) is 0 Å². The van der Waals surface area contributed by atoms with Crippen molar-refractivity contribution in [3.63, 3.8) is 0 Å². The van der Waals surface area contributed by atoms with Crippen LogP contribution in [0.25, 0.3) is 21.5 Å². The van der Waals surface area contributed by atoms with Crippen LogP contribution >= 0.6 is 0 Å². The van der Waals surface area contributed by atoms with Gasteiger partial charge in [0.1, 0.15) is 0 Å². The number of aryl methyl sites for hydroxylation is 1. The largest absolute Gasteiger partial charge is 1.00 e. The molecule has 0 saturated heterocycles. The van der Waals surface area contributed by atoms with Gasteiger partial charge in [0.15, 0.2) is 0 Å². The average molecular weight is 256 g/mol. The van der Waals surface area contributed by atoms with Crippen LogP contribution in [0.3, 0.4) is 0 Å². The van der Waals surface area contributed by atoms with Gasteiger partial charge in [-0.15, -0.1) is 39.2 Å². The molecular formula is C19H21Li. The summed E-state index contributed by atoms with van der Waals surface area (Å²) in [7, 11) is 0. The summed E-state index contributed by atoms with van der Waals surface area (Å²) in [6, 6.07) is 17.7. The van der Waals surface area contributed by atoms with Crippen molar-refractivity contribution in [2.75, 3.05) is 0 Å². The Balaban J connectivity index is 0.00000147. The second kappa shape index (κ2) is 7.07. The van der Waals surface area contributed by atoms with Gasteiger partial charge in [0.25, 0.3) is 0 Å². The molecule has 0 radical (unpaired) electrons. The van der Waals surface area contributed by atoms with E-state index < -0.39 is 0 Å². The van der Waals surface area contributed by atoms with Gasteiger partial charge in [-0.05, 0) is 0 Å². The predicted octanol–water partition coefficient (Wildman–Crippen LogP) is 2.84. The van der Waals surface area contributed by atoms with Crippen molar-refractivity contribution in [2.45, 2.75) is 39.0 Å². The van der Waals surface area contributed by atoms with Gasteiger partial charge in [-0.1, -0.05) is 75.4 Å². The zero-order valence-corrected chi connectivity index (χ0v) is 12.7. The van der Waals surface area contributed by atoms with Crippen LogP contribution in [0.15, 0.2) is 48.5 Å². The third-order valence-electron chi connectivity index (χ3n) is 4.07. The van der Waals surface area contributed by atoms with Crippen molar-refractivity contribution in [1.82, 2.24) is 0 Å². The molecule has 0 saturated carbocycles. The maximum Gasteiger partial charge on any atom is 1.00 e. The summed E-state index contributed by atoms with van der Waals surface area (Å²) in [6.07, 6.45) is 6.54. The fourth-order valence-corrected chi connectivity index (χ4v) is 3.11. The minimum absolute atomic E-state index is 0. The van der Waals surface area contributed by atoms with Crippen molar-refractivity contribution < 1.29 is 18.9 Å². The van der Waals surface area contributed by atoms with Crippen LogP contribution in [-0.2, 0) is 6.42 Å². The quantitative estimate of drug-likeness (QED) is 0.374. The maximum absolute atomic E-state index is 2.28. The molecule has 0 spiro atoms. The van der Waals surface area contributed by atoms with Gasteiger partial charge in [0, 0.05) is 0 Å².